The van der Waals surface area contributed by atoms with Crippen LogP contribution in [-0.4, -0.2) is 54.8 Å². The second-order valence-corrected chi connectivity index (χ2v) is 0.105. The third kappa shape index (κ3) is 71.3. The van der Waals surface area contributed by atoms with Crippen molar-refractivity contribution < 1.29 is 15.4 Å². The van der Waals surface area contributed by atoms with Gasteiger partial charge in [-0.3, -0.25) is 4.79 Å². The second-order valence-electron chi connectivity index (χ2n) is 0.105. The fourth-order valence-electron chi connectivity index (χ4n) is 0. The molecule has 0 aromatic heterocycles. The molecule has 0 saturated carbocycles. The van der Waals surface area contributed by atoms with E-state index in [1.54, 1.807) is 0 Å². The van der Waals surface area contributed by atoms with E-state index in [4.69, 9.17) is 9.90 Å². The molecule has 0 rings (SSSR count). The standard InChI is InChI=1S/CH2O2.Ca.H2O.2H/c2-1-3;;;;/h1H,(H,2,3);;1H2;;. The van der Waals surface area contributed by atoms with Crippen LogP contribution in [0.25, 0.3) is 0 Å². The van der Waals surface area contributed by atoms with Crippen molar-refractivity contribution >= 4 is 44.2 Å². The van der Waals surface area contributed by atoms with E-state index in [0.717, 1.165) is 0 Å². The fraction of sp³-hybridized carbons (Fsp3) is 0. The molecule has 0 aliphatic heterocycles. The van der Waals surface area contributed by atoms with Crippen LogP contribution < -0.4 is 0 Å². The van der Waals surface area contributed by atoms with Crippen LogP contribution in [0.1, 0.15) is 0 Å². The van der Waals surface area contributed by atoms with Gasteiger partial charge in [0.15, 0.2) is 0 Å². The molecular weight excluding hydrogens is 100 g/mol. The van der Waals surface area contributed by atoms with Crippen LogP contribution in [0.5, 0.6) is 0 Å². The van der Waals surface area contributed by atoms with E-state index in [2.05, 4.69) is 0 Å². The summed E-state index contributed by atoms with van der Waals surface area (Å²) >= 11 is 0. The minimum atomic E-state index is -0.250. The number of hydrogen-bond donors (Lipinski definition) is 1. The predicted molar refractivity (Wildman–Crippen MR) is 20.9 cm³/mol. The van der Waals surface area contributed by atoms with Crippen LogP contribution in [0.15, 0.2) is 0 Å². The average Bonchev–Trinajstić information content (AvgIpc) is 0.918. The molecule has 0 spiro atoms. The summed E-state index contributed by atoms with van der Waals surface area (Å²) in [4.78, 5) is 8.36. The summed E-state index contributed by atoms with van der Waals surface area (Å²) in [5.74, 6) is 0. The molecule has 5 heavy (non-hydrogen) atoms. The molecule has 0 atom stereocenters. The van der Waals surface area contributed by atoms with Crippen molar-refractivity contribution in [1.82, 2.24) is 0 Å². The van der Waals surface area contributed by atoms with Gasteiger partial charge in [0.25, 0.3) is 6.47 Å². The van der Waals surface area contributed by atoms with Crippen molar-refractivity contribution in [3.05, 3.63) is 0 Å². The van der Waals surface area contributed by atoms with Gasteiger partial charge < -0.3 is 10.6 Å². The maximum atomic E-state index is 8.36. The first kappa shape index (κ1) is 17.3. The maximum absolute atomic E-state index is 8.36. The zero-order valence-electron chi connectivity index (χ0n) is 1.93. The van der Waals surface area contributed by atoms with Crippen molar-refractivity contribution in [1.29, 1.82) is 0 Å². The molecule has 0 radical (unpaired) electrons. The second kappa shape index (κ2) is 22.4. The van der Waals surface area contributed by atoms with Gasteiger partial charge in [0.2, 0.25) is 0 Å². The van der Waals surface area contributed by atoms with E-state index >= 15 is 0 Å². The minimum absolute atomic E-state index is 0. The Morgan fingerprint density at radius 1 is 1.60 bits per heavy atom. The number of rotatable bonds is 0. The van der Waals surface area contributed by atoms with Gasteiger partial charge in [-0.25, -0.2) is 0 Å². The van der Waals surface area contributed by atoms with Crippen LogP contribution >= 0.6 is 0 Å². The Morgan fingerprint density at radius 3 is 1.60 bits per heavy atom. The first-order valence-electron chi connectivity index (χ1n) is 0.494. The van der Waals surface area contributed by atoms with Gasteiger partial charge in [0, 0.05) is 0 Å². The molecule has 0 amide bonds. The summed E-state index contributed by atoms with van der Waals surface area (Å²) in [7, 11) is 0. The summed E-state index contributed by atoms with van der Waals surface area (Å²) in [5.41, 5.74) is 0. The number of carboxylic acid groups (broad SMARTS) is 1. The zero-order chi connectivity index (χ0) is 2.71. The molecular formula is CH6CaO3. The SMILES string of the molecule is O.O=CO.[CaH2]. The third-order valence-electron chi connectivity index (χ3n) is 0. The Balaban J connectivity index is -0.0000000200. The van der Waals surface area contributed by atoms with Gasteiger partial charge in [-0.1, -0.05) is 0 Å². The number of carbonyl (C=O) groups is 1. The van der Waals surface area contributed by atoms with Gasteiger partial charge >= 0.3 is 37.7 Å². The molecule has 3 N–H and O–H groups in total. The van der Waals surface area contributed by atoms with E-state index in [9.17, 15) is 0 Å². The van der Waals surface area contributed by atoms with Crippen LogP contribution in [0.2, 0.25) is 0 Å². The van der Waals surface area contributed by atoms with E-state index < -0.39 is 0 Å². The quantitative estimate of drug-likeness (QED) is 0.285. The van der Waals surface area contributed by atoms with Gasteiger partial charge in [-0.05, 0) is 0 Å². The first-order chi connectivity index (χ1) is 1.41. The van der Waals surface area contributed by atoms with Crippen molar-refractivity contribution in [2.24, 2.45) is 0 Å². The summed E-state index contributed by atoms with van der Waals surface area (Å²) in [6.07, 6.45) is 0. The van der Waals surface area contributed by atoms with Crippen molar-refractivity contribution in [2.45, 2.75) is 0 Å². The summed E-state index contributed by atoms with van der Waals surface area (Å²) in [5, 5.41) is 6.89. The molecule has 0 aliphatic carbocycles. The molecule has 0 saturated heterocycles. The van der Waals surface area contributed by atoms with Crippen molar-refractivity contribution in [3.63, 3.8) is 0 Å². The topological polar surface area (TPSA) is 68.8 Å². The van der Waals surface area contributed by atoms with E-state index in [1.807, 2.05) is 0 Å². The van der Waals surface area contributed by atoms with E-state index in [-0.39, 0.29) is 49.7 Å². The monoisotopic (exact) mass is 106 g/mol. The fourth-order valence-corrected chi connectivity index (χ4v) is 0. The molecule has 0 unspecified atom stereocenters. The average molecular weight is 106 g/mol. The Hall–Kier alpha value is 0.690. The number of hydrogen-bond acceptors (Lipinski definition) is 1. The van der Waals surface area contributed by atoms with Crippen molar-refractivity contribution in [2.75, 3.05) is 0 Å². The Labute approximate surface area is 59.3 Å². The molecule has 0 aliphatic rings. The van der Waals surface area contributed by atoms with Crippen LogP contribution in [0.4, 0.5) is 0 Å². The summed E-state index contributed by atoms with van der Waals surface area (Å²) in [6, 6.07) is 0. The molecule has 30 valence electrons. The molecule has 0 aromatic carbocycles. The van der Waals surface area contributed by atoms with Gasteiger partial charge in [0.1, 0.15) is 0 Å². The van der Waals surface area contributed by atoms with Crippen LogP contribution in [0.3, 0.4) is 0 Å². The predicted octanol–water partition coefficient (Wildman–Crippen LogP) is -2.04. The Kier molecular flexibility index (Phi) is 77.4. The van der Waals surface area contributed by atoms with Gasteiger partial charge in [0.05, 0.1) is 0 Å². The summed E-state index contributed by atoms with van der Waals surface area (Å²) < 4.78 is 0. The molecule has 0 heterocycles. The summed E-state index contributed by atoms with van der Waals surface area (Å²) in [6.45, 7) is -0.250. The normalized spacial score (nSPS) is 2.40. The molecule has 0 fully saturated rings. The first-order valence-corrected chi connectivity index (χ1v) is 0.494. The zero-order valence-corrected chi connectivity index (χ0v) is 1.93. The van der Waals surface area contributed by atoms with Gasteiger partial charge in [-0.15, -0.1) is 0 Å². The molecule has 4 heteroatoms. The molecule has 3 nitrogen and oxygen atoms in total. The van der Waals surface area contributed by atoms with Crippen molar-refractivity contribution in [3.8, 4) is 0 Å². The molecule has 0 aromatic rings. The van der Waals surface area contributed by atoms with Crippen LogP contribution in [0, 0.1) is 0 Å². The van der Waals surface area contributed by atoms with Gasteiger partial charge in [-0.2, -0.15) is 0 Å². The Bertz CT molecular complexity index is 14.4. The molecule has 0 bridgehead atoms. The van der Waals surface area contributed by atoms with E-state index in [1.165, 1.54) is 0 Å². The van der Waals surface area contributed by atoms with Crippen LogP contribution in [-0.2, 0) is 4.79 Å². The Morgan fingerprint density at radius 2 is 1.60 bits per heavy atom. The third-order valence-corrected chi connectivity index (χ3v) is 0. The van der Waals surface area contributed by atoms with E-state index in [0.29, 0.717) is 0 Å².